The molecule has 0 bridgehead atoms. The first-order chi connectivity index (χ1) is 11.2. The van der Waals surface area contributed by atoms with Gasteiger partial charge in [0, 0.05) is 24.1 Å². The molecule has 0 aromatic heterocycles. The summed E-state index contributed by atoms with van der Waals surface area (Å²) in [5.74, 6) is 2.08. The molecule has 122 valence electrons. The van der Waals surface area contributed by atoms with Crippen molar-refractivity contribution < 1.29 is 4.79 Å². The molecule has 23 heavy (non-hydrogen) atoms. The van der Waals surface area contributed by atoms with Crippen LogP contribution in [0.3, 0.4) is 0 Å². The van der Waals surface area contributed by atoms with Crippen LogP contribution in [0.15, 0.2) is 42.5 Å². The molecule has 1 amide bonds. The summed E-state index contributed by atoms with van der Waals surface area (Å²) in [5.41, 5.74) is 1.37. The molecular formula is C19H24N2OS. The van der Waals surface area contributed by atoms with E-state index in [0.717, 1.165) is 18.1 Å². The second kappa shape index (κ2) is 7.84. The third-order valence-corrected chi connectivity index (χ3v) is 5.28. The lowest BCUT2D eigenvalue weighted by molar-refractivity contribution is -0.121. The number of benzene rings is 2. The third-order valence-electron chi connectivity index (χ3n) is 4.27. The second-order valence-corrected chi connectivity index (χ2v) is 7.29. The minimum Gasteiger partial charge on any atom is -0.354 e. The molecule has 0 heterocycles. The average Bonchev–Trinajstić information content (AvgIpc) is 3.39. The number of nitrogens with zero attached hydrogens (tertiary/aromatic N) is 1. The molecule has 1 fully saturated rings. The van der Waals surface area contributed by atoms with E-state index in [9.17, 15) is 4.79 Å². The first-order valence-corrected chi connectivity index (χ1v) is 9.41. The van der Waals surface area contributed by atoms with Gasteiger partial charge in [-0.05, 0) is 36.2 Å². The number of rotatable bonds is 8. The summed E-state index contributed by atoms with van der Waals surface area (Å²) >= 11 is 1.87. The van der Waals surface area contributed by atoms with E-state index in [-0.39, 0.29) is 5.91 Å². The molecule has 0 spiro atoms. The van der Waals surface area contributed by atoms with Crippen molar-refractivity contribution in [2.75, 3.05) is 25.9 Å². The first kappa shape index (κ1) is 16.3. The zero-order chi connectivity index (χ0) is 16.1. The molecule has 2 aromatic rings. The van der Waals surface area contributed by atoms with Crippen LogP contribution in [-0.2, 0) is 10.5 Å². The number of hydrogen-bond donors (Lipinski definition) is 1. The van der Waals surface area contributed by atoms with E-state index in [1.165, 1.54) is 29.2 Å². The van der Waals surface area contributed by atoms with Crippen LogP contribution in [-0.4, -0.2) is 42.7 Å². The van der Waals surface area contributed by atoms with Gasteiger partial charge >= 0.3 is 0 Å². The highest BCUT2D eigenvalue weighted by Crippen LogP contribution is 2.25. The van der Waals surface area contributed by atoms with E-state index >= 15 is 0 Å². The molecule has 0 atom stereocenters. The zero-order valence-electron chi connectivity index (χ0n) is 13.6. The van der Waals surface area contributed by atoms with Crippen molar-refractivity contribution in [2.45, 2.75) is 24.6 Å². The Hall–Kier alpha value is -1.52. The van der Waals surface area contributed by atoms with Crippen LogP contribution in [0.4, 0.5) is 0 Å². The lowest BCUT2D eigenvalue weighted by atomic mass is 10.1. The first-order valence-electron chi connectivity index (χ1n) is 8.25. The predicted octanol–water partition coefficient (Wildman–Crippen LogP) is 3.28. The van der Waals surface area contributed by atoms with Gasteiger partial charge in [-0.1, -0.05) is 42.5 Å². The number of amides is 1. The minimum atomic E-state index is 0.144. The molecule has 3 nitrogen and oxygen atoms in total. The third kappa shape index (κ3) is 4.72. The highest BCUT2D eigenvalue weighted by molar-refractivity contribution is 7.98. The Morgan fingerprint density at radius 2 is 2.00 bits per heavy atom. The van der Waals surface area contributed by atoms with Gasteiger partial charge in [0.25, 0.3) is 0 Å². The molecule has 0 unspecified atom stereocenters. The van der Waals surface area contributed by atoms with E-state index in [4.69, 9.17) is 0 Å². The Labute approximate surface area is 142 Å². The van der Waals surface area contributed by atoms with Crippen molar-refractivity contribution in [2.24, 2.45) is 0 Å². The SMILES string of the molecule is CN(CC(=O)NCCSCc1cccc2ccccc12)C1CC1. The topological polar surface area (TPSA) is 32.3 Å². The molecule has 1 N–H and O–H groups in total. The van der Waals surface area contributed by atoms with E-state index in [2.05, 4.69) is 52.7 Å². The summed E-state index contributed by atoms with van der Waals surface area (Å²) in [4.78, 5) is 14.0. The number of fused-ring (bicyclic) bond motifs is 1. The van der Waals surface area contributed by atoms with Crippen LogP contribution in [0.25, 0.3) is 10.8 Å². The van der Waals surface area contributed by atoms with Gasteiger partial charge in [-0.25, -0.2) is 0 Å². The van der Waals surface area contributed by atoms with Crippen molar-refractivity contribution in [3.63, 3.8) is 0 Å². The molecule has 2 aromatic carbocycles. The summed E-state index contributed by atoms with van der Waals surface area (Å²) in [7, 11) is 2.03. The minimum absolute atomic E-state index is 0.144. The largest absolute Gasteiger partial charge is 0.354 e. The molecule has 0 aliphatic heterocycles. The van der Waals surface area contributed by atoms with Crippen LogP contribution in [0.1, 0.15) is 18.4 Å². The number of hydrogen-bond acceptors (Lipinski definition) is 3. The number of likely N-dealkylation sites (N-methyl/N-ethyl adjacent to an activating group) is 1. The lowest BCUT2D eigenvalue weighted by Crippen LogP contribution is -2.37. The van der Waals surface area contributed by atoms with Crippen LogP contribution in [0.2, 0.25) is 0 Å². The van der Waals surface area contributed by atoms with Crippen LogP contribution in [0.5, 0.6) is 0 Å². The smallest absolute Gasteiger partial charge is 0.234 e. The van der Waals surface area contributed by atoms with E-state index in [0.29, 0.717) is 12.6 Å². The molecular weight excluding hydrogens is 304 g/mol. The monoisotopic (exact) mass is 328 g/mol. The summed E-state index contributed by atoms with van der Waals surface area (Å²) in [6.45, 7) is 1.27. The van der Waals surface area contributed by atoms with Gasteiger partial charge in [-0.3, -0.25) is 9.69 Å². The number of carbonyl (C=O) groups excluding carboxylic acids is 1. The van der Waals surface area contributed by atoms with Crippen molar-refractivity contribution in [3.05, 3.63) is 48.0 Å². The molecule has 1 saturated carbocycles. The maximum absolute atomic E-state index is 11.8. The van der Waals surface area contributed by atoms with Gasteiger partial charge in [0.05, 0.1) is 6.54 Å². The van der Waals surface area contributed by atoms with Crippen molar-refractivity contribution in [1.29, 1.82) is 0 Å². The van der Waals surface area contributed by atoms with Crippen molar-refractivity contribution in [3.8, 4) is 0 Å². The molecule has 0 saturated heterocycles. The van der Waals surface area contributed by atoms with E-state index in [1.54, 1.807) is 0 Å². The Bertz CT molecular complexity index is 664. The molecule has 0 radical (unpaired) electrons. The van der Waals surface area contributed by atoms with E-state index < -0.39 is 0 Å². The van der Waals surface area contributed by atoms with Gasteiger partial charge in [-0.2, -0.15) is 11.8 Å². The maximum atomic E-state index is 11.8. The standard InChI is InChI=1S/C19H24N2OS/c1-21(17-9-10-17)13-19(22)20-11-12-23-14-16-7-4-6-15-5-2-3-8-18(15)16/h2-8,17H,9-14H2,1H3,(H,20,22). The van der Waals surface area contributed by atoms with Crippen LogP contribution < -0.4 is 5.32 Å². The lowest BCUT2D eigenvalue weighted by Gasteiger charge is -2.15. The average molecular weight is 328 g/mol. The van der Waals surface area contributed by atoms with Crippen LogP contribution in [0, 0.1) is 0 Å². The van der Waals surface area contributed by atoms with Gasteiger partial charge in [0.2, 0.25) is 5.91 Å². The maximum Gasteiger partial charge on any atom is 0.234 e. The van der Waals surface area contributed by atoms with Crippen LogP contribution >= 0.6 is 11.8 Å². The zero-order valence-corrected chi connectivity index (χ0v) is 14.4. The number of thioether (sulfide) groups is 1. The highest BCUT2D eigenvalue weighted by Gasteiger charge is 2.26. The molecule has 3 rings (SSSR count). The Balaban J connectivity index is 1.38. The quantitative estimate of drug-likeness (QED) is 0.755. The summed E-state index contributed by atoms with van der Waals surface area (Å²) < 4.78 is 0. The number of carbonyl (C=O) groups is 1. The fraction of sp³-hybridized carbons (Fsp3) is 0.421. The van der Waals surface area contributed by atoms with Crippen molar-refractivity contribution in [1.82, 2.24) is 10.2 Å². The Morgan fingerprint density at radius 1 is 1.22 bits per heavy atom. The fourth-order valence-electron chi connectivity index (χ4n) is 2.79. The van der Waals surface area contributed by atoms with Gasteiger partial charge in [0.15, 0.2) is 0 Å². The summed E-state index contributed by atoms with van der Waals surface area (Å²) in [6, 6.07) is 15.6. The summed E-state index contributed by atoms with van der Waals surface area (Å²) in [6.07, 6.45) is 2.48. The normalized spacial score (nSPS) is 14.3. The van der Waals surface area contributed by atoms with Crippen molar-refractivity contribution >= 4 is 28.4 Å². The summed E-state index contributed by atoms with van der Waals surface area (Å²) in [5, 5.41) is 5.64. The second-order valence-electron chi connectivity index (χ2n) is 6.19. The van der Waals surface area contributed by atoms with Gasteiger partial charge in [-0.15, -0.1) is 0 Å². The van der Waals surface area contributed by atoms with E-state index in [1.807, 2.05) is 18.8 Å². The van der Waals surface area contributed by atoms with Gasteiger partial charge in [0.1, 0.15) is 0 Å². The molecule has 1 aliphatic carbocycles. The van der Waals surface area contributed by atoms with Gasteiger partial charge < -0.3 is 5.32 Å². The highest BCUT2D eigenvalue weighted by atomic mass is 32.2. The Morgan fingerprint density at radius 3 is 2.83 bits per heavy atom. The Kier molecular flexibility index (Phi) is 5.57. The number of nitrogens with one attached hydrogen (secondary N) is 1. The molecule has 4 heteroatoms. The predicted molar refractivity (Wildman–Crippen MR) is 98.8 cm³/mol. The fourth-order valence-corrected chi connectivity index (χ4v) is 3.65. The molecule has 1 aliphatic rings.